The van der Waals surface area contributed by atoms with E-state index in [0.717, 1.165) is 31.8 Å². The van der Waals surface area contributed by atoms with E-state index in [1.807, 2.05) is 0 Å². The topological polar surface area (TPSA) is 44.7 Å². The molecular weight excluding hydrogens is 286 g/mol. The van der Waals surface area contributed by atoms with E-state index in [1.165, 1.54) is 51.4 Å². The highest BCUT2D eigenvalue weighted by Gasteiger charge is 2.21. The molecule has 1 aliphatic rings. The normalized spacial score (nSPS) is 15.6. The van der Waals surface area contributed by atoms with Gasteiger partial charge in [-0.2, -0.15) is 0 Å². The van der Waals surface area contributed by atoms with Crippen LogP contribution in [0.5, 0.6) is 0 Å². The number of unbranched alkanes of at least 4 members (excludes halogenated alkanes) is 8. The van der Waals surface area contributed by atoms with Gasteiger partial charge in [-0.3, -0.25) is 9.79 Å². The summed E-state index contributed by atoms with van der Waals surface area (Å²) in [5.41, 5.74) is 0. The molecule has 134 valence electrons. The lowest BCUT2D eigenvalue weighted by atomic mass is 10.1. The molecule has 1 aliphatic heterocycles. The molecule has 0 aromatic heterocycles. The SMILES string of the molecule is CCCCCCCCCCCC(=O)NC(C)N1CCN=C1CC. The summed E-state index contributed by atoms with van der Waals surface area (Å²) in [6.07, 6.45) is 13.3. The van der Waals surface area contributed by atoms with Gasteiger partial charge >= 0.3 is 0 Å². The fraction of sp³-hybridized carbons (Fsp3) is 0.895. The van der Waals surface area contributed by atoms with Gasteiger partial charge in [0.25, 0.3) is 0 Å². The van der Waals surface area contributed by atoms with E-state index in [9.17, 15) is 4.79 Å². The first-order valence-electron chi connectivity index (χ1n) is 9.78. The van der Waals surface area contributed by atoms with Gasteiger partial charge in [0, 0.05) is 19.4 Å². The monoisotopic (exact) mass is 323 g/mol. The quantitative estimate of drug-likeness (QED) is 0.507. The zero-order valence-electron chi connectivity index (χ0n) is 15.6. The third-order valence-corrected chi connectivity index (χ3v) is 4.63. The first-order valence-corrected chi connectivity index (χ1v) is 9.78. The van der Waals surface area contributed by atoms with Crippen LogP contribution in [0.3, 0.4) is 0 Å². The van der Waals surface area contributed by atoms with E-state index >= 15 is 0 Å². The Morgan fingerprint density at radius 1 is 1.09 bits per heavy atom. The Kier molecular flexibility index (Phi) is 10.8. The second kappa shape index (κ2) is 12.4. The second-order valence-electron chi connectivity index (χ2n) is 6.67. The predicted molar refractivity (Wildman–Crippen MR) is 98.7 cm³/mol. The first kappa shape index (κ1) is 20.0. The summed E-state index contributed by atoms with van der Waals surface area (Å²) in [5.74, 6) is 1.31. The number of hydrogen-bond donors (Lipinski definition) is 1. The summed E-state index contributed by atoms with van der Waals surface area (Å²) in [6.45, 7) is 8.23. The van der Waals surface area contributed by atoms with Crippen molar-refractivity contribution in [3.05, 3.63) is 0 Å². The molecule has 0 saturated carbocycles. The summed E-state index contributed by atoms with van der Waals surface area (Å²) >= 11 is 0. The van der Waals surface area contributed by atoms with Crippen LogP contribution in [0.15, 0.2) is 4.99 Å². The predicted octanol–water partition coefficient (Wildman–Crippen LogP) is 4.49. The van der Waals surface area contributed by atoms with Gasteiger partial charge in [0.05, 0.1) is 12.7 Å². The van der Waals surface area contributed by atoms with Gasteiger partial charge in [-0.1, -0.05) is 65.2 Å². The van der Waals surface area contributed by atoms with Crippen molar-refractivity contribution in [1.82, 2.24) is 10.2 Å². The molecule has 0 saturated heterocycles. The molecular formula is C19H37N3O. The Morgan fingerprint density at radius 3 is 2.30 bits per heavy atom. The lowest BCUT2D eigenvalue weighted by molar-refractivity contribution is -0.122. The lowest BCUT2D eigenvalue weighted by Gasteiger charge is -2.28. The summed E-state index contributed by atoms with van der Waals surface area (Å²) < 4.78 is 0. The number of carbonyl (C=O) groups is 1. The molecule has 23 heavy (non-hydrogen) atoms. The minimum absolute atomic E-state index is 0.0715. The molecule has 0 fully saturated rings. The van der Waals surface area contributed by atoms with E-state index < -0.39 is 0 Å². The zero-order chi connectivity index (χ0) is 16.9. The molecule has 0 aliphatic carbocycles. The van der Waals surface area contributed by atoms with Crippen LogP contribution in [-0.2, 0) is 4.79 Å². The smallest absolute Gasteiger partial charge is 0.221 e. The maximum Gasteiger partial charge on any atom is 0.221 e. The van der Waals surface area contributed by atoms with Gasteiger partial charge in [-0.25, -0.2) is 0 Å². The highest BCUT2D eigenvalue weighted by Crippen LogP contribution is 2.11. The fourth-order valence-electron chi connectivity index (χ4n) is 3.22. The van der Waals surface area contributed by atoms with Crippen molar-refractivity contribution >= 4 is 11.7 Å². The van der Waals surface area contributed by atoms with Crippen molar-refractivity contribution in [2.45, 2.75) is 97.6 Å². The molecule has 0 aromatic rings. The van der Waals surface area contributed by atoms with Crippen molar-refractivity contribution in [2.24, 2.45) is 4.99 Å². The third kappa shape index (κ3) is 8.38. The molecule has 0 spiro atoms. The zero-order valence-corrected chi connectivity index (χ0v) is 15.6. The van der Waals surface area contributed by atoms with Gasteiger partial charge in [0.2, 0.25) is 5.91 Å². The number of nitrogens with zero attached hydrogens (tertiary/aromatic N) is 2. The highest BCUT2D eigenvalue weighted by atomic mass is 16.1. The van der Waals surface area contributed by atoms with Crippen molar-refractivity contribution in [3.8, 4) is 0 Å². The number of amides is 1. The Morgan fingerprint density at radius 2 is 1.70 bits per heavy atom. The highest BCUT2D eigenvalue weighted by molar-refractivity contribution is 5.84. The molecule has 1 unspecified atom stereocenters. The average molecular weight is 324 g/mol. The number of nitrogens with one attached hydrogen (secondary N) is 1. The van der Waals surface area contributed by atoms with Crippen LogP contribution in [0, 0.1) is 0 Å². The van der Waals surface area contributed by atoms with Crippen LogP contribution in [-0.4, -0.2) is 35.9 Å². The molecule has 1 rings (SSSR count). The number of aliphatic imine (C=N–C) groups is 1. The van der Waals surface area contributed by atoms with Crippen molar-refractivity contribution in [3.63, 3.8) is 0 Å². The van der Waals surface area contributed by atoms with Gasteiger partial charge in [-0.05, 0) is 13.3 Å². The second-order valence-corrected chi connectivity index (χ2v) is 6.67. The molecule has 0 aromatic carbocycles. The van der Waals surface area contributed by atoms with Crippen LogP contribution in [0.2, 0.25) is 0 Å². The molecule has 1 N–H and O–H groups in total. The van der Waals surface area contributed by atoms with Gasteiger partial charge < -0.3 is 10.2 Å². The standard InChI is InChI=1S/C19H37N3O/c1-4-6-7-8-9-10-11-12-13-14-19(23)21-17(3)22-16-15-20-18(22)5-2/h17H,4-16H2,1-3H3,(H,21,23). The third-order valence-electron chi connectivity index (χ3n) is 4.63. The van der Waals surface area contributed by atoms with Gasteiger partial charge in [-0.15, -0.1) is 0 Å². The first-order chi connectivity index (χ1) is 11.2. The van der Waals surface area contributed by atoms with E-state index in [-0.39, 0.29) is 12.1 Å². The van der Waals surface area contributed by atoms with E-state index in [4.69, 9.17) is 0 Å². The molecule has 4 heteroatoms. The van der Waals surface area contributed by atoms with Crippen LogP contribution >= 0.6 is 0 Å². The van der Waals surface area contributed by atoms with Crippen LogP contribution < -0.4 is 5.32 Å². The van der Waals surface area contributed by atoms with E-state index in [1.54, 1.807) is 0 Å². The maximum atomic E-state index is 12.0. The van der Waals surface area contributed by atoms with Crippen molar-refractivity contribution in [2.75, 3.05) is 13.1 Å². The lowest BCUT2D eigenvalue weighted by Crippen LogP contribution is -2.47. The number of amidine groups is 1. The summed E-state index contributed by atoms with van der Waals surface area (Å²) in [7, 11) is 0. The molecule has 1 heterocycles. The summed E-state index contributed by atoms with van der Waals surface area (Å²) in [6, 6.07) is 0. The summed E-state index contributed by atoms with van der Waals surface area (Å²) in [4.78, 5) is 18.7. The molecule has 1 atom stereocenters. The molecule has 4 nitrogen and oxygen atoms in total. The Labute approximate surface area is 143 Å². The number of rotatable bonds is 13. The minimum atomic E-state index is 0.0715. The average Bonchev–Trinajstić information content (AvgIpc) is 3.02. The Balaban J connectivity index is 2.01. The Bertz CT molecular complexity index is 355. The van der Waals surface area contributed by atoms with Crippen molar-refractivity contribution in [1.29, 1.82) is 0 Å². The van der Waals surface area contributed by atoms with Crippen LogP contribution in [0.4, 0.5) is 0 Å². The minimum Gasteiger partial charge on any atom is -0.338 e. The van der Waals surface area contributed by atoms with E-state index in [2.05, 4.69) is 36.0 Å². The maximum absolute atomic E-state index is 12.0. The van der Waals surface area contributed by atoms with Gasteiger partial charge in [0.15, 0.2) is 0 Å². The van der Waals surface area contributed by atoms with Crippen LogP contribution in [0.25, 0.3) is 0 Å². The summed E-state index contributed by atoms with van der Waals surface area (Å²) in [5, 5.41) is 3.12. The van der Waals surface area contributed by atoms with E-state index in [0.29, 0.717) is 6.42 Å². The Hall–Kier alpha value is -1.06. The number of carbonyl (C=O) groups excluding carboxylic acids is 1. The molecule has 0 bridgehead atoms. The molecule has 0 radical (unpaired) electrons. The number of hydrogen-bond acceptors (Lipinski definition) is 3. The van der Waals surface area contributed by atoms with Crippen molar-refractivity contribution < 1.29 is 4.79 Å². The fourth-order valence-corrected chi connectivity index (χ4v) is 3.22. The molecule has 1 amide bonds. The van der Waals surface area contributed by atoms with Crippen LogP contribution in [0.1, 0.15) is 91.4 Å². The van der Waals surface area contributed by atoms with Gasteiger partial charge in [0.1, 0.15) is 5.84 Å². The largest absolute Gasteiger partial charge is 0.338 e.